The summed E-state index contributed by atoms with van der Waals surface area (Å²) < 4.78 is 163. The largest absolute Gasteiger partial charge is 0.508 e. The van der Waals surface area contributed by atoms with E-state index in [4.69, 9.17) is 39.4 Å². The standard InChI is InChI=1S/C26H22O4S.C25H14F6O4S.C24H15F3O4S.C24H17FO4S/c1-16(2)20-5-3-4-6-21(20)26-25(22-13-10-18(27)15-23(22)31-26)30-19-11-7-17(8-12-19)9-14-24(28)29;26-24(27,28)14-4-8-17(19(11-14)25(29,30)31)23-22(18-9-5-15(32)12-20(18)36-23)35-16-6-1-13(2-7-16)3-10-21(33)34;25-24(26,27)19-4-2-1-3-17(19)23-22(18-11-8-15(28)13-20(18)32-23)31-16-9-5-14(6-10-16)7-12-21(29)30;1-14-12-16(25)5-9-19(14)24-23(20-10-6-17(26)13-21(20)30-24)29-18-7-2-15(3-8-18)4-11-22(27)28/h3-16,27H,1-2H3,(H,28,29);1-12,32H,(H,33,34);1-13,28H,(H,29,30);2-13,26H,1H3,(H,27,28)/b14-9+;10-3+;12-7+;11-4+. The van der Waals surface area contributed by atoms with Gasteiger partial charge in [-0.05, 0) is 233 Å². The Labute approximate surface area is 743 Å². The summed E-state index contributed by atoms with van der Waals surface area (Å²) in [5.74, 6) is -0.565. The van der Waals surface area contributed by atoms with Gasteiger partial charge in [0.1, 0.15) is 51.8 Å². The molecule has 0 fully saturated rings. The van der Waals surface area contributed by atoms with Crippen molar-refractivity contribution in [2.24, 2.45) is 0 Å². The van der Waals surface area contributed by atoms with Crippen molar-refractivity contribution < 1.29 is 123 Å². The molecule has 8 N–H and O–H groups in total. The molecule has 0 aliphatic heterocycles. The van der Waals surface area contributed by atoms with Gasteiger partial charge in [0.15, 0.2) is 23.0 Å². The first-order valence-corrected chi connectivity index (χ1v) is 41.7. The summed E-state index contributed by atoms with van der Waals surface area (Å²) in [5, 5.41) is 77.2. The van der Waals surface area contributed by atoms with Crippen molar-refractivity contribution in [3.8, 4) is 111 Å². The van der Waals surface area contributed by atoms with Gasteiger partial charge in [0, 0.05) is 75.8 Å². The van der Waals surface area contributed by atoms with E-state index in [1.54, 1.807) is 108 Å². The van der Waals surface area contributed by atoms with Crippen LogP contribution < -0.4 is 18.9 Å². The van der Waals surface area contributed by atoms with Crippen LogP contribution in [0, 0.1) is 12.7 Å². The van der Waals surface area contributed by atoms with Gasteiger partial charge in [-0.2, -0.15) is 39.5 Å². The highest BCUT2D eigenvalue weighted by Crippen LogP contribution is 2.55. The van der Waals surface area contributed by atoms with Gasteiger partial charge in [0.25, 0.3) is 0 Å². The molecule has 4 aromatic heterocycles. The highest BCUT2D eigenvalue weighted by atomic mass is 32.1. The van der Waals surface area contributed by atoms with E-state index in [-0.39, 0.29) is 67.4 Å². The van der Waals surface area contributed by atoms with Gasteiger partial charge < -0.3 is 59.8 Å². The molecule has 654 valence electrons. The van der Waals surface area contributed by atoms with Crippen molar-refractivity contribution in [3.63, 3.8) is 0 Å². The first-order chi connectivity index (χ1) is 61.4. The summed E-state index contributed by atoms with van der Waals surface area (Å²) in [4.78, 5) is 44.8. The van der Waals surface area contributed by atoms with Gasteiger partial charge >= 0.3 is 42.4 Å². The summed E-state index contributed by atoms with van der Waals surface area (Å²) in [6.45, 7) is 6.18. The number of thiophene rings is 4. The fourth-order valence-electron chi connectivity index (χ4n) is 13.3. The van der Waals surface area contributed by atoms with Crippen LogP contribution in [0.15, 0.2) is 279 Å². The fourth-order valence-corrected chi connectivity index (χ4v) is 18.1. The lowest BCUT2D eigenvalue weighted by molar-refractivity contribution is -0.143. The van der Waals surface area contributed by atoms with Crippen LogP contribution in [0.4, 0.5) is 43.9 Å². The quantitative estimate of drug-likeness (QED) is 0.0245. The number of carbonyl (C=O) groups is 4. The Morgan fingerprint density at radius 3 is 0.930 bits per heavy atom. The van der Waals surface area contributed by atoms with Crippen LogP contribution >= 0.6 is 45.3 Å². The molecular weight excluding hydrogens is 1760 g/mol. The van der Waals surface area contributed by atoms with E-state index in [2.05, 4.69) is 26.0 Å². The minimum absolute atomic E-state index is 0.00414. The van der Waals surface area contributed by atoms with Crippen molar-refractivity contribution in [1.29, 1.82) is 0 Å². The number of benzene rings is 12. The maximum atomic E-state index is 13.9. The van der Waals surface area contributed by atoms with E-state index in [9.17, 15) is 83.5 Å². The smallest absolute Gasteiger partial charge is 0.417 e. The first kappa shape index (κ1) is 91.7. The van der Waals surface area contributed by atoms with Gasteiger partial charge in [-0.25, -0.2) is 23.6 Å². The highest BCUT2D eigenvalue weighted by Gasteiger charge is 2.40. The maximum absolute atomic E-state index is 13.9. The number of hydrogen-bond donors (Lipinski definition) is 8. The second-order valence-corrected chi connectivity index (χ2v) is 32.8. The number of rotatable bonds is 21. The molecule has 0 aliphatic carbocycles. The first-order valence-electron chi connectivity index (χ1n) is 38.5. The zero-order valence-corrected chi connectivity index (χ0v) is 70.5. The number of aromatic hydroxyl groups is 4. The Hall–Kier alpha value is -15.0. The summed E-state index contributed by atoms with van der Waals surface area (Å²) in [6, 6.07) is 65.3. The number of hydrogen-bond acceptors (Lipinski definition) is 16. The molecule has 16 aromatic rings. The summed E-state index contributed by atoms with van der Waals surface area (Å²) in [6.07, 6.45) is -4.72. The Balaban J connectivity index is 0.000000147. The average Bonchev–Trinajstić information content (AvgIpc) is 1.62. The number of phenols is 4. The Morgan fingerprint density at radius 2 is 0.620 bits per heavy atom. The summed E-state index contributed by atoms with van der Waals surface area (Å²) in [7, 11) is 0. The molecular formula is C99H68F10O16S4. The number of aryl methyl sites for hydroxylation is 1. The van der Waals surface area contributed by atoms with E-state index < -0.39 is 64.7 Å². The molecule has 0 spiro atoms. The predicted molar refractivity (Wildman–Crippen MR) is 482 cm³/mol. The molecule has 0 amide bonds. The molecule has 12 aromatic carbocycles. The number of carboxylic acids is 4. The average molecular weight is 1830 g/mol. The van der Waals surface area contributed by atoms with Crippen LogP contribution in [0.1, 0.15) is 69.8 Å². The van der Waals surface area contributed by atoms with Crippen molar-refractivity contribution in [2.45, 2.75) is 45.2 Å². The molecule has 0 unspecified atom stereocenters. The van der Waals surface area contributed by atoms with Crippen molar-refractivity contribution in [2.75, 3.05) is 0 Å². The molecule has 30 heteroatoms. The number of ether oxygens (including phenoxy) is 4. The van der Waals surface area contributed by atoms with Gasteiger partial charge in [-0.15, -0.1) is 45.3 Å². The Bertz CT molecular complexity index is 7000. The third kappa shape index (κ3) is 22.8. The topological polar surface area (TPSA) is 267 Å². The highest BCUT2D eigenvalue weighted by molar-refractivity contribution is 7.24. The van der Waals surface area contributed by atoms with Crippen LogP contribution in [-0.4, -0.2) is 64.7 Å². The number of aliphatic carboxylic acids is 4. The molecule has 16 rings (SSSR count). The maximum Gasteiger partial charge on any atom is 0.417 e. The van der Waals surface area contributed by atoms with Crippen molar-refractivity contribution >= 4 is 134 Å². The molecule has 0 saturated carbocycles. The SMILES string of the molecule is CC(C)c1ccccc1-c1sc2cc(O)ccc2c1Oc1ccc(/C=C/C(=O)O)cc1.Cc1cc(F)ccc1-c1sc2cc(O)ccc2c1Oc1ccc(/C=C/C(=O)O)cc1.O=C(O)/C=C/c1ccc(Oc2c(-c3ccc(C(F)(F)F)cc3C(F)(F)F)sc3cc(O)ccc23)cc1.O=C(O)/C=C/c1ccc(Oc2c(-c3ccccc3C(F)(F)F)sc3cc(O)ccc23)cc1. The minimum atomic E-state index is -5.09. The van der Waals surface area contributed by atoms with E-state index in [1.807, 2.05) is 49.4 Å². The summed E-state index contributed by atoms with van der Waals surface area (Å²) in [5.41, 5.74) is 2.43. The van der Waals surface area contributed by atoms with Gasteiger partial charge in [0.2, 0.25) is 0 Å². The normalized spacial score (nSPS) is 11.8. The second-order valence-electron chi connectivity index (χ2n) is 28.6. The van der Waals surface area contributed by atoms with Gasteiger partial charge in [-0.3, -0.25) is 0 Å². The molecule has 0 aliphatic rings. The molecule has 16 nitrogen and oxygen atoms in total. The lowest BCUT2D eigenvalue weighted by Gasteiger charge is -2.16. The van der Waals surface area contributed by atoms with Crippen LogP contribution in [0.25, 0.3) is 106 Å². The number of fused-ring (bicyclic) bond motifs is 4. The monoisotopic (exact) mass is 1830 g/mol. The Morgan fingerprint density at radius 1 is 0.326 bits per heavy atom. The van der Waals surface area contributed by atoms with Crippen LogP contribution in [0.2, 0.25) is 0 Å². The van der Waals surface area contributed by atoms with Crippen molar-refractivity contribution in [1.82, 2.24) is 0 Å². The molecule has 0 saturated heterocycles. The Kier molecular flexibility index (Phi) is 27.9. The van der Waals surface area contributed by atoms with Crippen LogP contribution in [-0.2, 0) is 37.7 Å². The van der Waals surface area contributed by atoms with E-state index in [0.717, 1.165) is 123 Å². The van der Waals surface area contributed by atoms with Gasteiger partial charge in [-0.1, -0.05) is 117 Å². The number of carboxylic acid groups (broad SMARTS) is 4. The lowest BCUT2D eigenvalue weighted by atomic mass is 9.96. The third-order valence-electron chi connectivity index (χ3n) is 19.2. The van der Waals surface area contributed by atoms with E-state index in [1.165, 1.54) is 120 Å². The predicted octanol–water partition coefficient (Wildman–Crippen LogP) is 29.3. The zero-order chi connectivity index (χ0) is 92.3. The van der Waals surface area contributed by atoms with Crippen LogP contribution in [0.5, 0.6) is 69.0 Å². The number of alkyl halides is 9. The second kappa shape index (κ2) is 39.3. The number of phenolic OH excluding ortho intramolecular Hbond substituents is 4. The molecule has 129 heavy (non-hydrogen) atoms. The third-order valence-corrected chi connectivity index (χ3v) is 23.9. The van der Waals surface area contributed by atoms with E-state index in [0.29, 0.717) is 66.3 Å². The minimum Gasteiger partial charge on any atom is -0.508 e. The lowest BCUT2D eigenvalue weighted by Crippen LogP contribution is -2.12. The number of halogens is 10. The van der Waals surface area contributed by atoms with Gasteiger partial charge in [0.05, 0.1) is 36.2 Å². The zero-order valence-electron chi connectivity index (χ0n) is 67.2. The summed E-state index contributed by atoms with van der Waals surface area (Å²) >= 11 is 4.98. The molecule has 0 radical (unpaired) electrons. The van der Waals surface area contributed by atoms with E-state index >= 15 is 0 Å². The molecule has 0 atom stereocenters. The molecule has 4 heterocycles. The van der Waals surface area contributed by atoms with Crippen molar-refractivity contribution in [3.05, 3.63) is 335 Å². The van der Waals surface area contributed by atoms with Crippen LogP contribution in [0.3, 0.4) is 0 Å². The molecule has 0 bridgehead atoms. The fraction of sp³-hybridized carbons (Fsp3) is 0.0707.